The Morgan fingerprint density at radius 3 is 2.45 bits per heavy atom. The Balaban J connectivity index is 2.58. The van der Waals surface area contributed by atoms with Gasteiger partial charge < -0.3 is 20.1 Å². The predicted molar refractivity (Wildman–Crippen MR) is 74.8 cm³/mol. The van der Waals surface area contributed by atoms with Crippen molar-refractivity contribution in [1.82, 2.24) is 10.2 Å². The van der Waals surface area contributed by atoms with Crippen molar-refractivity contribution in [1.29, 1.82) is 0 Å². The van der Waals surface area contributed by atoms with Crippen molar-refractivity contribution in [2.75, 3.05) is 20.7 Å². The van der Waals surface area contributed by atoms with Crippen molar-refractivity contribution in [2.24, 2.45) is 0 Å². The van der Waals surface area contributed by atoms with E-state index in [-0.39, 0.29) is 25.0 Å². The number of aliphatic carboxylic acids is 1. The lowest BCUT2D eigenvalue weighted by molar-refractivity contribution is -0.136. The molecule has 0 aliphatic rings. The van der Waals surface area contributed by atoms with E-state index in [0.717, 1.165) is 11.3 Å². The summed E-state index contributed by atoms with van der Waals surface area (Å²) in [4.78, 5) is 23.8. The Labute approximate surface area is 118 Å². The Kier molecular flexibility index (Phi) is 5.83. The first kappa shape index (κ1) is 15.8. The Morgan fingerprint density at radius 2 is 1.95 bits per heavy atom. The minimum absolute atomic E-state index is 0.0868. The number of hydrogen-bond donors (Lipinski definition) is 2. The smallest absolute Gasteiger partial charge is 0.317 e. The number of urea groups is 1. The van der Waals surface area contributed by atoms with Gasteiger partial charge in [-0.3, -0.25) is 4.79 Å². The first-order valence-electron chi connectivity index (χ1n) is 6.32. The van der Waals surface area contributed by atoms with Crippen LogP contribution in [0.5, 0.6) is 5.75 Å². The van der Waals surface area contributed by atoms with Crippen LogP contribution in [0.25, 0.3) is 0 Å². The van der Waals surface area contributed by atoms with Gasteiger partial charge in [0, 0.05) is 13.6 Å². The van der Waals surface area contributed by atoms with Crippen LogP contribution in [0.1, 0.15) is 24.9 Å². The van der Waals surface area contributed by atoms with E-state index in [1.807, 2.05) is 31.2 Å². The number of carbonyl (C=O) groups excluding carboxylic acids is 1. The number of rotatable bonds is 6. The molecule has 6 heteroatoms. The highest BCUT2D eigenvalue weighted by molar-refractivity contribution is 5.75. The van der Waals surface area contributed by atoms with Crippen LogP contribution in [0.3, 0.4) is 0 Å². The number of hydrogen-bond acceptors (Lipinski definition) is 3. The summed E-state index contributed by atoms with van der Waals surface area (Å²) in [6, 6.07) is 7.04. The summed E-state index contributed by atoms with van der Waals surface area (Å²) in [5, 5.41) is 11.1. The molecule has 0 bridgehead atoms. The van der Waals surface area contributed by atoms with Gasteiger partial charge in [0.05, 0.1) is 19.6 Å². The van der Waals surface area contributed by atoms with Gasteiger partial charge in [0.2, 0.25) is 0 Å². The van der Waals surface area contributed by atoms with Crippen molar-refractivity contribution >= 4 is 12.0 Å². The topological polar surface area (TPSA) is 78.9 Å². The summed E-state index contributed by atoms with van der Waals surface area (Å²) in [7, 11) is 3.27. The molecule has 20 heavy (non-hydrogen) atoms. The second-order valence-corrected chi connectivity index (χ2v) is 4.44. The zero-order valence-electron chi connectivity index (χ0n) is 11.9. The summed E-state index contributed by atoms with van der Waals surface area (Å²) < 4.78 is 5.08. The molecule has 0 radical (unpaired) electrons. The first-order chi connectivity index (χ1) is 9.45. The van der Waals surface area contributed by atoms with Gasteiger partial charge in [-0.1, -0.05) is 12.1 Å². The van der Waals surface area contributed by atoms with Gasteiger partial charge >= 0.3 is 12.0 Å². The fourth-order valence-corrected chi connectivity index (χ4v) is 1.68. The highest BCUT2D eigenvalue weighted by Crippen LogP contribution is 2.21. The van der Waals surface area contributed by atoms with Crippen LogP contribution in [0.15, 0.2) is 24.3 Å². The molecule has 0 aliphatic heterocycles. The third-order valence-corrected chi connectivity index (χ3v) is 3.11. The van der Waals surface area contributed by atoms with E-state index in [4.69, 9.17) is 9.84 Å². The molecule has 0 saturated carbocycles. The summed E-state index contributed by atoms with van der Waals surface area (Å²) in [6.45, 7) is 2.02. The molecule has 0 fully saturated rings. The standard InChI is InChI=1S/C14H20N2O4/c1-10(11-4-6-12(20-3)7-5-11)16(2)14(19)15-9-8-13(17)18/h4-7,10H,8-9H2,1-3H3,(H,15,19)(H,17,18). The number of amides is 2. The molecule has 1 aromatic carbocycles. The van der Waals surface area contributed by atoms with E-state index in [0.29, 0.717) is 0 Å². The van der Waals surface area contributed by atoms with E-state index < -0.39 is 5.97 Å². The molecular weight excluding hydrogens is 260 g/mol. The highest BCUT2D eigenvalue weighted by atomic mass is 16.5. The van der Waals surface area contributed by atoms with Crippen LogP contribution in [0, 0.1) is 0 Å². The van der Waals surface area contributed by atoms with Gasteiger partial charge in [0.25, 0.3) is 0 Å². The number of benzene rings is 1. The lowest BCUT2D eigenvalue weighted by Crippen LogP contribution is -2.39. The summed E-state index contributed by atoms with van der Waals surface area (Å²) >= 11 is 0. The van der Waals surface area contributed by atoms with Crippen molar-refractivity contribution in [2.45, 2.75) is 19.4 Å². The average molecular weight is 280 g/mol. The zero-order valence-corrected chi connectivity index (χ0v) is 11.9. The minimum atomic E-state index is -0.934. The second-order valence-electron chi connectivity index (χ2n) is 4.44. The number of nitrogens with zero attached hydrogens (tertiary/aromatic N) is 1. The Hall–Kier alpha value is -2.24. The van der Waals surface area contributed by atoms with Crippen LogP contribution in [0.4, 0.5) is 4.79 Å². The lowest BCUT2D eigenvalue weighted by Gasteiger charge is -2.25. The van der Waals surface area contributed by atoms with Gasteiger partial charge in [-0.15, -0.1) is 0 Å². The van der Waals surface area contributed by atoms with Gasteiger partial charge in [0.15, 0.2) is 0 Å². The molecule has 0 saturated heterocycles. The van der Waals surface area contributed by atoms with Gasteiger partial charge in [0.1, 0.15) is 5.75 Å². The lowest BCUT2D eigenvalue weighted by atomic mass is 10.1. The second kappa shape index (κ2) is 7.37. The highest BCUT2D eigenvalue weighted by Gasteiger charge is 2.17. The summed E-state index contributed by atoms with van der Waals surface area (Å²) in [6.07, 6.45) is -0.0868. The maximum Gasteiger partial charge on any atom is 0.317 e. The molecule has 6 nitrogen and oxygen atoms in total. The van der Waals surface area contributed by atoms with E-state index in [1.54, 1.807) is 14.2 Å². The molecule has 0 aliphatic carbocycles. The first-order valence-corrected chi connectivity index (χ1v) is 6.32. The molecule has 110 valence electrons. The monoisotopic (exact) mass is 280 g/mol. The largest absolute Gasteiger partial charge is 0.497 e. The molecule has 1 rings (SSSR count). The van der Waals surface area contributed by atoms with Crippen LogP contribution in [0.2, 0.25) is 0 Å². The Bertz CT molecular complexity index is 459. The van der Waals surface area contributed by atoms with Crippen LogP contribution in [-0.2, 0) is 4.79 Å². The zero-order chi connectivity index (χ0) is 15.1. The number of nitrogens with one attached hydrogen (secondary N) is 1. The molecule has 1 atom stereocenters. The van der Waals surface area contributed by atoms with E-state index in [9.17, 15) is 9.59 Å². The fourth-order valence-electron chi connectivity index (χ4n) is 1.68. The third kappa shape index (κ3) is 4.46. The Morgan fingerprint density at radius 1 is 1.35 bits per heavy atom. The average Bonchev–Trinajstić information content (AvgIpc) is 2.45. The van der Waals surface area contributed by atoms with Crippen LogP contribution in [-0.4, -0.2) is 42.7 Å². The normalized spacial score (nSPS) is 11.6. The maximum absolute atomic E-state index is 11.9. The number of carboxylic acid groups (broad SMARTS) is 1. The van der Waals surface area contributed by atoms with Crippen LogP contribution >= 0.6 is 0 Å². The summed E-state index contributed by atoms with van der Waals surface area (Å²) in [5.41, 5.74) is 0.974. The van der Waals surface area contributed by atoms with Crippen LogP contribution < -0.4 is 10.1 Å². The molecule has 1 aromatic rings. The van der Waals surface area contributed by atoms with Crippen molar-refractivity contribution in [3.05, 3.63) is 29.8 Å². The van der Waals surface area contributed by atoms with Crippen molar-refractivity contribution < 1.29 is 19.4 Å². The molecule has 0 heterocycles. The quantitative estimate of drug-likeness (QED) is 0.833. The van der Waals surface area contributed by atoms with Gasteiger partial charge in [-0.2, -0.15) is 0 Å². The molecular formula is C14H20N2O4. The van der Waals surface area contributed by atoms with Crippen molar-refractivity contribution in [3.63, 3.8) is 0 Å². The maximum atomic E-state index is 11.9. The molecule has 0 aromatic heterocycles. The van der Waals surface area contributed by atoms with Gasteiger partial charge in [-0.05, 0) is 24.6 Å². The molecule has 0 spiro atoms. The predicted octanol–water partition coefficient (Wildman–Crippen LogP) is 1.87. The fraction of sp³-hybridized carbons (Fsp3) is 0.429. The summed E-state index contributed by atoms with van der Waals surface area (Å²) in [5.74, 6) is -0.175. The van der Waals surface area contributed by atoms with E-state index in [1.165, 1.54) is 4.90 Å². The van der Waals surface area contributed by atoms with E-state index in [2.05, 4.69) is 5.32 Å². The number of carboxylic acids is 1. The number of methoxy groups -OCH3 is 1. The van der Waals surface area contributed by atoms with Gasteiger partial charge in [-0.25, -0.2) is 4.79 Å². The number of carbonyl (C=O) groups is 2. The molecule has 2 amide bonds. The number of ether oxygens (including phenoxy) is 1. The van der Waals surface area contributed by atoms with Crippen molar-refractivity contribution in [3.8, 4) is 5.75 Å². The SMILES string of the molecule is COc1ccc(C(C)N(C)C(=O)NCCC(=O)O)cc1. The molecule has 1 unspecified atom stereocenters. The third-order valence-electron chi connectivity index (χ3n) is 3.11. The minimum Gasteiger partial charge on any atom is -0.497 e. The van der Waals surface area contributed by atoms with E-state index >= 15 is 0 Å². The molecule has 2 N–H and O–H groups in total.